The predicted molar refractivity (Wildman–Crippen MR) is 105 cm³/mol. The van der Waals surface area contributed by atoms with Gasteiger partial charge in [0.25, 0.3) is 0 Å². The summed E-state index contributed by atoms with van der Waals surface area (Å²) in [5.74, 6) is 0.532. The molecule has 30 heavy (non-hydrogen) atoms. The van der Waals surface area contributed by atoms with Crippen molar-refractivity contribution in [3.05, 3.63) is 54.1 Å². The van der Waals surface area contributed by atoms with Crippen LogP contribution in [-0.2, 0) is 20.1 Å². The summed E-state index contributed by atoms with van der Waals surface area (Å²) < 4.78 is 67.0. The Morgan fingerprint density at radius 2 is 1.50 bits per heavy atom. The first kappa shape index (κ1) is 23.6. The monoisotopic (exact) mass is 444 g/mol. The van der Waals surface area contributed by atoms with Gasteiger partial charge in [0, 0.05) is 0 Å². The summed E-state index contributed by atoms with van der Waals surface area (Å²) in [5, 5.41) is 0. The van der Waals surface area contributed by atoms with E-state index in [2.05, 4.69) is 0 Å². The molecular weight excluding hydrogens is 422 g/mol. The lowest BCUT2D eigenvalue weighted by molar-refractivity contribution is -0.137. The quantitative estimate of drug-likeness (QED) is 0.457. The van der Waals surface area contributed by atoms with Crippen LogP contribution in [0.1, 0.15) is 26.3 Å². The molecule has 162 valence electrons. The van der Waals surface area contributed by atoms with Gasteiger partial charge in [0.15, 0.2) is 6.10 Å². The molecule has 0 aliphatic rings. The second-order valence-electron chi connectivity index (χ2n) is 6.07. The van der Waals surface area contributed by atoms with E-state index in [0.29, 0.717) is 11.5 Å². The number of hydrogen-bond acceptors (Lipinski definition) is 5. The fourth-order valence-corrected chi connectivity index (χ4v) is 3.35. The van der Waals surface area contributed by atoms with Crippen molar-refractivity contribution in [1.29, 1.82) is 0 Å². The van der Waals surface area contributed by atoms with Crippen molar-refractivity contribution < 1.29 is 36.5 Å². The zero-order valence-electron chi connectivity index (χ0n) is 16.7. The highest BCUT2D eigenvalue weighted by molar-refractivity contribution is 7.37. The molecule has 10 heteroatoms. The zero-order valence-corrected chi connectivity index (χ0v) is 17.6. The topological polar surface area (TPSA) is 65.1 Å². The molecule has 0 radical (unpaired) electrons. The number of nitrogens with zero attached hydrogens (tertiary/aromatic N) is 1. The molecule has 2 rings (SSSR count). The first-order valence-corrected chi connectivity index (χ1v) is 10.3. The molecule has 0 fully saturated rings. The summed E-state index contributed by atoms with van der Waals surface area (Å²) in [4.78, 5) is 12.4. The lowest BCUT2D eigenvalue weighted by Crippen LogP contribution is -2.36. The Balaban J connectivity index is 1.98. The average molecular weight is 444 g/mol. The van der Waals surface area contributed by atoms with E-state index in [4.69, 9.17) is 14.0 Å². The minimum atomic E-state index is -4.41. The number of benzene rings is 2. The maximum absolute atomic E-state index is 12.6. The number of halogens is 3. The smallest absolute Gasteiger partial charge is 0.481 e. The fraction of sp³-hybridized carbons (Fsp3) is 0.350. The van der Waals surface area contributed by atoms with Crippen LogP contribution >= 0.6 is 8.18 Å². The average Bonchev–Trinajstić information content (AvgIpc) is 2.70. The number of carbonyl (C=O) groups excluding carboxylic acids is 1. The number of carbonyl (C=O) groups is 1. The molecule has 0 aliphatic carbocycles. The van der Waals surface area contributed by atoms with Crippen LogP contribution in [0.5, 0.6) is 17.2 Å². The largest absolute Gasteiger partial charge is 0.648 e. The van der Waals surface area contributed by atoms with E-state index in [1.54, 1.807) is 38.1 Å². The number of rotatable bonds is 9. The van der Waals surface area contributed by atoms with Crippen molar-refractivity contribution >= 4 is 14.1 Å². The normalized spacial score (nSPS) is 12.8. The molecule has 0 saturated carbocycles. The Labute approximate surface area is 173 Å². The third-order valence-electron chi connectivity index (χ3n) is 3.89. The third kappa shape index (κ3) is 6.43. The first-order valence-electron chi connectivity index (χ1n) is 9.19. The Morgan fingerprint density at radius 1 is 1.00 bits per heavy atom. The molecule has 2 aromatic rings. The van der Waals surface area contributed by atoms with Gasteiger partial charge in [-0.1, -0.05) is 4.67 Å². The van der Waals surface area contributed by atoms with Crippen LogP contribution in [0.15, 0.2) is 48.5 Å². The van der Waals surface area contributed by atoms with Crippen molar-refractivity contribution in [3.63, 3.8) is 0 Å². The van der Waals surface area contributed by atoms with E-state index >= 15 is 0 Å². The molecule has 2 unspecified atom stereocenters. The third-order valence-corrected chi connectivity index (χ3v) is 5.25. The van der Waals surface area contributed by atoms with Crippen LogP contribution in [0.2, 0.25) is 0 Å². The highest BCUT2D eigenvalue weighted by Crippen LogP contribution is 2.32. The van der Waals surface area contributed by atoms with Gasteiger partial charge in [-0.2, -0.15) is 13.2 Å². The molecule has 0 bridgehead atoms. The van der Waals surface area contributed by atoms with Gasteiger partial charge >= 0.3 is 20.3 Å². The van der Waals surface area contributed by atoms with Crippen LogP contribution < -0.4 is 9.47 Å². The van der Waals surface area contributed by atoms with Crippen molar-refractivity contribution in [2.24, 2.45) is 0 Å². The maximum atomic E-state index is 12.6. The van der Waals surface area contributed by atoms with Crippen LogP contribution in [-0.4, -0.2) is 29.8 Å². The highest BCUT2D eigenvalue weighted by Gasteiger charge is 2.37. The Hall–Kier alpha value is -2.64. The SMILES string of the molecule is CCO[P+](=O)N(CC)C(=O)C(C)Oc1ccc(Oc2ccc(C(F)(F)F)cc2)cc1. The van der Waals surface area contributed by atoms with Crippen molar-refractivity contribution in [2.45, 2.75) is 33.1 Å². The Kier molecular flexibility index (Phi) is 8.20. The van der Waals surface area contributed by atoms with Crippen LogP contribution in [0.3, 0.4) is 0 Å². The number of likely N-dealkylation sites (N-methyl/N-ethyl adjacent to an activating group) is 1. The van der Waals surface area contributed by atoms with Crippen molar-refractivity contribution in [1.82, 2.24) is 4.67 Å². The number of hydrogen-bond donors (Lipinski definition) is 0. The summed E-state index contributed by atoms with van der Waals surface area (Å²) in [6, 6.07) is 10.6. The van der Waals surface area contributed by atoms with E-state index in [-0.39, 0.29) is 18.9 Å². The Morgan fingerprint density at radius 3 is 1.97 bits per heavy atom. The van der Waals surface area contributed by atoms with E-state index in [1.807, 2.05) is 0 Å². The van der Waals surface area contributed by atoms with Gasteiger partial charge < -0.3 is 9.47 Å². The maximum Gasteiger partial charge on any atom is 0.648 e. The molecule has 2 aromatic carbocycles. The molecule has 2 atom stereocenters. The van der Waals surface area contributed by atoms with E-state index in [9.17, 15) is 22.5 Å². The number of amides is 1. The zero-order chi connectivity index (χ0) is 22.3. The summed E-state index contributed by atoms with van der Waals surface area (Å²) in [7, 11) is -2.27. The van der Waals surface area contributed by atoms with Gasteiger partial charge in [-0.3, -0.25) is 4.79 Å². The molecule has 0 spiro atoms. The first-order chi connectivity index (χ1) is 14.2. The number of ether oxygens (including phenoxy) is 2. The van der Waals surface area contributed by atoms with Gasteiger partial charge in [0.2, 0.25) is 0 Å². The van der Waals surface area contributed by atoms with Gasteiger partial charge in [-0.05, 0) is 73.9 Å². The summed E-state index contributed by atoms with van der Waals surface area (Å²) in [5.41, 5.74) is -0.760. The van der Waals surface area contributed by atoms with Crippen LogP contribution in [0.4, 0.5) is 13.2 Å². The van der Waals surface area contributed by atoms with E-state index in [1.165, 1.54) is 19.1 Å². The predicted octanol–water partition coefficient (Wildman–Crippen LogP) is 5.81. The van der Waals surface area contributed by atoms with E-state index in [0.717, 1.165) is 16.8 Å². The lowest BCUT2D eigenvalue weighted by atomic mass is 10.2. The molecule has 1 amide bonds. The highest BCUT2D eigenvalue weighted by atomic mass is 31.1. The minimum absolute atomic E-state index is 0.210. The molecule has 0 saturated heterocycles. The molecule has 0 N–H and O–H groups in total. The van der Waals surface area contributed by atoms with Gasteiger partial charge in [0.05, 0.1) is 12.1 Å². The lowest BCUT2D eigenvalue weighted by Gasteiger charge is -2.16. The van der Waals surface area contributed by atoms with Gasteiger partial charge in [-0.15, -0.1) is 4.52 Å². The van der Waals surface area contributed by atoms with Crippen molar-refractivity contribution in [2.75, 3.05) is 13.2 Å². The molecule has 0 aliphatic heterocycles. The summed E-state index contributed by atoms with van der Waals surface area (Å²) in [6.45, 7) is 5.33. The van der Waals surface area contributed by atoms with E-state index < -0.39 is 31.9 Å². The molecule has 0 heterocycles. The second-order valence-corrected chi connectivity index (χ2v) is 7.28. The second kappa shape index (κ2) is 10.4. The van der Waals surface area contributed by atoms with Gasteiger partial charge in [-0.25, -0.2) is 0 Å². The van der Waals surface area contributed by atoms with Crippen molar-refractivity contribution in [3.8, 4) is 17.2 Å². The van der Waals surface area contributed by atoms with Crippen LogP contribution in [0, 0.1) is 0 Å². The molecule has 6 nitrogen and oxygen atoms in total. The van der Waals surface area contributed by atoms with Crippen LogP contribution in [0.25, 0.3) is 0 Å². The minimum Gasteiger partial charge on any atom is -0.481 e. The molecule has 0 aromatic heterocycles. The molecular formula is C20H22F3NO5P+. The summed E-state index contributed by atoms with van der Waals surface area (Å²) in [6.07, 6.45) is -5.30. The fourth-order valence-electron chi connectivity index (χ4n) is 2.43. The summed E-state index contributed by atoms with van der Waals surface area (Å²) >= 11 is 0. The standard InChI is InChI=1S/C20H22F3NO5P/c1-4-24(30(26)27-5-2)19(25)14(3)28-16-10-12-18(13-11-16)29-17-8-6-15(7-9-17)20(21,22)23/h6-14H,4-5H2,1-3H3/q+1. The Bertz CT molecular complexity index is 856. The number of alkyl halides is 3. The van der Waals surface area contributed by atoms with Gasteiger partial charge in [0.1, 0.15) is 23.9 Å².